The van der Waals surface area contributed by atoms with E-state index in [1.54, 1.807) is 0 Å². The summed E-state index contributed by atoms with van der Waals surface area (Å²) in [5, 5.41) is 0. The summed E-state index contributed by atoms with van der Waals surface area (Å²) in [6, 6.07) is 0.131. The van der Waals surface area contributed by atoms with Crippen molar-refractivity contribution >= 4 is 5.78 Å². The maximum atomic E-state index is 13.1. The number of likely N-dealkylation sites (N-methyl/N-ethyl adjacent to an activating group) is 1. The van der Waals surface area contributed by atoms with E-state index >= 15 is 0 Å². The fraction of sp³-hybridized carbons (Fsp3) is 0.941. The van der Waals surface area contributed by atoms with Gasteiger partial charge in [0.15, 0.2) is 5.78 Å². The topological polar surface area (TPSA) is 20.3 Å². The quantitative estimate of drug-likeness (QED) is 0.737. The minimum absolute atomic E-state index is 0. The highest BCUT2D eigenvalue weighted by Gasteiger charge is 2.55. The van der Waals surface area contributed by atoms with Crippen LogP contribution in [0.3, 0.4) is 0 Å². The van der Waals surface area contributed by atoms with E-state index in [0.29, 0.717) is 5.78 Å². The van der Waals surface area contributed by atoms with Crippen LogP contribution in [0.4, 0.5) is 0 Å². The van der Waals surface area contributed by atoms with E-state index in [4.69, 9.17) is 0 Å². The minimum Gasteiger partial charge on any atom is -1.00 e. The Morgan fingerprint density at radius 2 is 1.45 bits per heavy atom. The van der Waals surface area contributed by atoms with Crippen LogP contribution in [0.5, 0.6) is 0 Å². The molecule has 4 fully saturated rings. The van der Waals surface area contributed by atoms with E-state index in [2.05, 4.69) is 25.7 Å². The van der Waals surface area contributed by atoms with Crippen LogP contribution >= 0.6 is 0 Å². The van der Waals surface area contributed by atoms with Gasteiger partial charge in [0.05, 0.1) is 6.04 Å². The first-order valence-electron chi connectivity index (χ1n) is 8.36. The Morgan fingerprint density at radius 1 is 1.05 bits per heavy atom. The average Bonchev–Trinajstić information content (AvgIpc) is 2.37. The number of nitrogens with zero attached hydrogens (tertiary/aromatic N) is 1. The lowest BCUT2D eigenvalue weighted by atomic mass is 9.48. The van der Waals surface area contributed by atoms with E-state index in [-0.39, 0.29) is 23.9 Å². The first-order valence-corrected chi connectivity index (χ1v) is 8.36. The highest BCUT2D eigenvalue weighted by molar-refractivity contribution is 5.89. The van der Waals surface area contributed by atoms with Gasteiger partial charge in [-0.15, -0.1) is 0 Å². The molecule has 4 aliphatic rings. The second-order valence-corrected chi connectivity index (χ2v) is 7.46. The van der Waals surface area contributed by atoms with Crippen molar-refractivity contribution in [3.8, 4) is 0 Å². The van der Waals surface area contributed by atoms with E-state index in [9.17, 15) is 4.79 Å². The van der Waals surface area contributed by atoms with Crippen molar-refractivity contribution in [2.24, 2.45) is 23.2 Å². The summed E-state index contributed by atoms with van der Waals surface area (Å²) in [5.74, 6) is 3.20. The van der Waals surface area contributed by atoms with Crippen LogP contribution in [0.25, 0.3) is 0 Å². The molecule has 4 rings (SSSR count). The van der Waals surface area contributed by atoms with E-state index in [1.807, 2.05) is 0 Å². The normalized spacial score (nSPS) is 39.7. The molecule has 0 aliphatic heterocycles. The first kappa shape index (κ1) is 16.3. The van der Waals surface area contributed by atoms with Crippen molar-refractivity contribution < 1.29 is 17.2 Å². The average molecular weight is 299 g/mol. The Balaban J connectivity index is 0.00000147. The molecule has 4 saturated carbocycles. The molecular weight excluding hydrogens is 270 g/mol. The molecule has 1 atom stereocenters. The zero-order valence-corrected chi connectivity index (χ0v) is 14.0. The molecule has 0 aromatic carbocycles. The standard InChI is InChI=1S/C17H29NO.ClH/c1-4-18(5-2)12(3)16(19)17-9-13-6-14(10-17)8-15(7-13)11-17;/h12-15H,4-11H2,1-3H3;1H/p-1. The van der Waals surface area contributed by atoms with Crippen LogP contribution in [-0.4, -0.2) is 29.8 Å². The number of hydrogen-bond donors (Lipinski definition) is 0. The van der Waals surface area contributed by atoms with Crippen molar-refractivity contribution in [1.29, 1.82) is 0 Å². The molecule has 4 bridgehead atoms. The summed E-state index contributed by atoms with van der Waals surface area (Å²) in [5.41, 5.74) is 0.0801. The van der Waals surface area contributed by atoms with Crippen LogP contribution in [0.15, 0.2) is 0 Å². The zero-order valence-electron chi connectivity index (χ0n) is 13.2. The number of rotatable bonds is 5. The fourth-order valence-corrected chi connectivity index (χ4v) is 5.79. The fourth-order valence-electron chi connectivity index (χ4n) is 5.79. The molecule has 0 radical (unpaired) electrons. The molecule has 2 nitrogen and oxygen atoms in total. The Morgan fingerprint density at radius 3 is 1.80 bits per heavy atom. The lowest BCUT2D eigenvalue weighted by molar-refractivity contribution is -0.148. The summed E-state index contributed by atoms with van der Waals surface area (Å²) in [7, 11) is 0. The van der Waals surface area contributed by atoms with Crippen LogP contribution < -0.4 is 12.4 Å². The molecule has 0 spiro atoms. The van der Waals surface area contributed by atoms with E-state index < -0.39 is 0 Å². The summed E-state index contributed by atoms with van der Waals surface area (Å²) < 4.78 is 0. The lowest BCUT2D eigenvalue weighted by Gasteiger charge is -2.56. The second kappa shape index (κ2) is 5.96. The van der Waals surface area contributed by atoms with Gasteiger partial charge < -0.3 is 12.4 Å². The Hall–Kier alpha value is -0.0800. The lowest BCUT2D eigenvalue weighted by Crippen LogP contribution is -3.00. The van der Waals surface area contributed by atoms with Gasteiger partial charge in [-0.25, -0.2) is 0 Å². The second-order valence-electron chi connectivity index (χ2n) is 7.46. The number of carbonyl (C=O) groups excluding carboxylic acids is 1. The van der Waals surface area contributed by atoms with Gasteiger partial charge in [0.2, 0.25) is 0 Å². The molecule has 0 N–H and O–H groups in total. The molecule has 116 valence electrons. The van der Waals surface area contributed by atoms with Gasteiger partial charge >= 0.3 is 0 Å². The van der Waals surface area contributed by atoms with Gasteiger partial charge in [0.25, 0.3) is 0 Å². The summed E-state index contributed by atoms with van der Waals surface area (Å²) in [4.78, 5) is 15.4. The summed E-state index contributed by atoms with van der Waals surface area (Å²) in [6.07, 6.45) is 7.90. The largest absolute Gasteiger partial charge is 1.00 e. The molecule has 0 heterocycles. The van der Waals surface area contributed by atoms with E-state index in [0.717, 1.165) is 30.8 Å². The number of carbonyl (C=O) groups is 1. The maximum absolute atomic E-state index is 13.1. The molecule has 3 heteroatoms. The van der Waals surface area contributed by atoms with Crippen LogP contribution in [0.1, 0.15) is 59.3 Å². The molecule has 0 aromatic heterocycles. The van der Waals surface area contributed by atoms with Gasteiger partial charge in [-0.3, -0.25) is 9.69 Å². The van der Waals surface area contributed by atoms with Crippen molar-refractivity contribution in [3.05, 3.63) is 0 Å². The predicted octanol–water partition coefficient (Wildman–Crippen LogP) is 0.506. The Kier molecular flexibility index (Phi) is 4.86. The smallest absolute Gasteiger partial charge is 0.155 e. The number of ketones is 1. The highest BCUT2D eigenvalue weighted by atomic mass is 35.5. The van der Waals surface area contributed by atoms with Crippen molar-refractivity contribution in [3.63, 3.8) is 0 Å². The van der Waals surface area contributed by atoms with Gasteiger partial charge in [-0.05, 0) is 76.3 Å². The third-order valence-electron chi connectivity index (χ3n) is 6.30. The molecule has 0 saturated heterocycles. The molecule has 4 aliphatic carbocycles. The molecule has 1 unspecified atom stereocenters. The third kappa shape index (κ3) is 2.54. The van der Waals surface area contributed by atoms with Crippen LogP contribution in [0, 0.1) is 23.2 Å². The maximum Gasteiger partial charge on any atom is 0.155 e. The SMILES string of the molecule is CCN(CC)C(C)C(=O)C12CC3CC(CC(C3)C1)C2.[Cl-]. The summed E-state index contributed by atoms with van der Waals surface area (Å²) in [6.45, 7) is 8.49. The van der Waals surface area contributed by atoms with Gasteiger partial charge in [-0.2, -0.15) is 0 Å². The predicted molar refractivity (Wildman–Crippen MR) is 78.0 cm³/mol. The Bertz CT molecular complexity index is 329. The summed E-state index contributed by atoms with van der Waals surface area (Å²) >= 11 is 0. The Labute approximate surface area is 130 Å². The molecule has 20 heavy (non-hydrogen) atoms. The highest BCUT2D eigenvalue weighted by Crippen LogP contribution is 2.60. The third-order valence-corrected chi connectivity index (χ3v) is 6.30. The number of halogens is 1. The monoisotopic (exact) mass is 298 g/mol. The molecular formula is C17H29ClNO-. The minimum atomic E-state index is 0. The van der Waals surface area contributed by atoms with Gasteiger partial charge in [0, 0.05) is 5.41 Å². The van der Waals surface area contributed by atoms with Gasteiger partial charge in [-0.1, -0.05) is 13.8 Å². The van der Waals surface area contributed by atoms with E-state index in [1.165, 1.54) is 38.5 Å². The van der Waals surface area contributed by atoms with Gasteiger partial charge in [0.1, 0.15) is 0 Å². The zero-order chi connectivity index (χ0) is 13.6. The number of Topliss-reactive ketones (excluding diaryl/α,β-unsaturated/α-hetero) is 1. The first-order chi connectivity index (χ1) is 9.08. The van der Waals surface area contributed by atoms with Crippen molar-refractivity contribution in [2.75, 3.05) is 13.1 Å². The van der Waals surface area contributed by atoms with Crippen LogP contribution in [-0.2, 0) is 4.79 Å². The number of hydrogen-bond acceptors (Lipinski definition) is 2. The van der Waals surface area contributed by atoms with Crippen LogP contribution in [0.2, 0.25) is 0 Å². The van der Waals surface area contributed by atoms with Crippen molar-refractivity contribution in [1.82, 2.24) is 4.90 Å². The van der Waals surface area contributed by atoms with Crippen molar-refractivity contribution in [2.45, 2.75) is 65.3 Å². The molecule has 0 aromatic rings. The molecule has 0 amide bonds.